The molecule has 6 nitrogen and oxygen atoms in total. The molecule has 34 heavy (non-hydrogen) atoms. The molecule has 0 spiro atoms. The molecule has 180 valence electrons. The topological polar surface area (TPSA) is 70.9 Å². The highest BCUT2D eigenvalue weighted by atomic mass is 15.3. The van der Waals surface area contributed by atoms with Crippen molar-refractivity contribution >= 4 is 16.7 Å². The number of pyridine rings is 2. The predicted octanol–water partition coefficient (Wildman–Crippen LogP) is 6.43. The largest absolute Gasteiger partial charge is 0.353 e. The van der Waals surface area contributed by atoms with Crippen molar-refractivity contribution in [1.82, 2.24) is 29.9 Å². The summed E-state index contributed by atoms with van der Waals surface area (Å²) in [6.45, 7) is 15.6. The molecule has 0 amide bonds. The lowest BCUT2D eigenvalue weighted by molar-refractivity contribution is 0.278. The van der Waals surface area contributed by atoms with Crippen LogP contribution in [0, 0.1) is 13.8 Å². The van der Waals surface area contributed by atoms with Crippen molar-refractivity contribution in [3.63, 3.8) is 0 Å². The molecule has 6 heteroatoms. The van der Waals surface area contributed by atoms with Crippen LogP contribution in [0.5, 0.6) is 0 Å². The zero-order valence-corrected chi connectivity index (χ0v) is 21.7. The fourth-order valence-electron chi connectivity index (χ4n) is 5.70. The van der Waals surface area contributed by atoms with E-state index in [1.807, 2.05) is 4.52 Å². The molecule has 0 aromatic carbocycles. The summed E-state index contributed by atoms with van der Waals surface area (Å²) in [4.78, 5) is 13.4. The van der Waals surface area contributed by atoms with Crippen molar-refractivity contribution in [2.24, 2.45) is 0 Å². The number of aryl methyl sites for hydroxylation is 1. The SMILES string of the molecule is Cc1c(-c2[nH]c3ccc(C4CCC(NC(C)(C)C)CC4)nc3c2C(C)C)cn2ncnc2c1C. The van der Waals surface area contributed by atoms with E-state index in [0.717, 1.165) is 27.9 Å². The van der Waals surface area contributed by atoms with Crippen LogP contribution in [0.1, 0.15) is 94.5 Å². The maximum absolute atomic E-state index is 5.28. The average Bonchev–Trinajstić information content (AvgIpc) is 3.39. The Hall–Kier alpha value is -2.73. The number of hydrogen-bond acceptors (Lipinski definition) is 4. The van der Waals surface area contributed by atoms with Gasteiger partial charge in [0.05, 0.1) is 16.7 Å². The Labute approximate surface area is 202 Å². The van der Waals surface area contributed by atoms with Crippen LogP contribution in [0.4, 0.5) is 0 Å². The van der Waals surface area contributed by atoms with Crippen LogP contribution in [-0.2, 0) is 0 Å². The van der Waals surface area contributed by atoms with Crippen LogP contribution in [0.15, 0.2) is 24.7 Å². The third-order valence-electron chi connectivity index (χ3n) is 7.46. The van der Waals surface area contributed by atoms with Gasteiger partial charge in [0.15, 0.2) is 5.65 Å². The fraction of sp³-hybridized carbons (Fsp3) is 0.536. The monoisotopic (exact) mass is 458 g/mol. The molecule has 0 atom stereocenters. The lowest BCUT2D eigenvalue weighted by atomic mass is 9.83. The summed E-state index contributed by atoms with van der Waals surface area (Å²) in [5.74, 6) is 0.889. The van der Waals surface area contributed by atoms with Crippen molar-refractivity contribution in [2.75, 3.05) is 0 Å². The summed E-state index contributed by atoms with van der Waals surface area (Å²) in [5.41, 5.74) is 10.6. The van der Waals surface area contributed by atoms with E-state index >= 15 is 0 Å². The molecule has 1 saturated carbocycles. The van der Waals surface area contributed by atoms with Crippen LogP contribution in [0.2, 0.25) is 0 Å². The van der Waals surface area contributed by atoms with Gasteiger partial charge in [0, 0.05) is 40.5 Å². The van der Waals surface area contributed by atoms with Crippen molar-refractivity contribution in [3.8, 4) is 11.3 Å². The van der Waals surface area contributed by atoms with Gasteiger partial charge in [-0.3, -0.25) is 4.98 Å². The minimum atomic E-state index is 0.175. The minimum absolute atomic E-state index is 0.175. The number of nitrogens with zero attached hydrogens (tertiary/aromatic N) is 4. The first kappa shape index (κ1) is 23.0. The number of H-pyrrole nitrogens is 1. The number of aromatic amines is 1. The Kier molecular flexibility index (Phi) is 5.75. The molecule has 4 aromatic heterocycles. The Balaban J connectivity index is 1.52. The Morgan fingerprint density at radius 2 is 1.79 bits per heavy atom. The summed E-state index contributed by atoms with van der Waals surface area (Å²) in [5, 5.41) is 8.20. The van der Waals surface area contributed by atoms with Crippen molar-refractivity contribution in [1.29, 1.82) is 0 Å². The summed E-state index contributed by atoms with van der Waals surface area (Å²) >= 11 is 0. The van der Waals surface area contributed by atoms with Gasteiger partial charge in [-0.2, -0.15) is 5.10 Å². The second-order valence-electron chi connectivity index (χ2n) is 11.5. The number of aromatic nitrogens is 5. The summed E-state index contributed by atoms with van der Waals surface area (Å²) in [6.07, 6.45) is 8.55. The molecule has 0 radical (unpaired) electrons. The highest BCUT2D eigenvalue weighted by Crippen LogP contribution is 2.39. The van der Waals surface area contributed by atoms with Gasteiger partial charge in [-0.25, -0.2) is 9.50 Å². The molecular weight excluding hydrogens is 420 g/mol. The van der Waals surface area contributed by atoms with E-state index in [4.69, 9.17) is 4.98 Å². The van der Waals surface area contributed by atoms with E-state index in [-0.39, 0.29) is 5.54 Å². The molecule has 0 saturated heterocycles. The van der Waals surface area contributed by atoms with Gasteiger partial charge in [-0.05, 0) is 89.5 Å². The van der Waals surface area contributed by atoms with Gasteiger partial charge in [-0.15, -0.1) is 0 Å². The highest BCUT2D eigenvalue weighted by Gasteiger charge is 2.27. The minimum Gasteiger partial charge on any atom is -0.353 e. The molecule has 0 aliphatic heterocycles. The smallest absolute Gasteiger partial charge is 0.158 e. The highest BCUT2D eigenvalue weighted by molar-refractivity contribution is 5.89. The number of fused-ring (bicyclic) bond motifs is 2. The number of nitrogens with one attached hydrogen (secondary N) is 2. The summed E-state index contributed by atoms with van der Waals surface area (Å²) in [7, 11) is 0. The zero-order valence-electron chi connectivity index (χ0n) is 21.7. The zero-order chi connectivity index (χ0) is 24.2. The van der Waals surface area contributed by atoms with Gasteiger partial charge in [-0.1, -0.05) is 13.8 Å². The fourth-order valence-corrected chi connectivity index (χ4v) is 5.70. The second-order valence-corrected chi connectivity index (χ2v) is 11.5. The molecular formula is C28H38N6. The van der Waals surface area contributed by atoms with Gasteiger partial charge in [0.2, 0.25) is 0 Å². The van der Waals surface area contributed by atoms with Crippen LogP contribution in [0.3, 0.4) is 0 Å². The van der Waals surface area contributed by atoms with Gasteiger partial charge < -0.3 is 10.3 Å². The molecule has 1 aliphatic carbocycles. The molecule has 4 aromatic rings. The molecule has 0 bridgehead atoms. The van der Waals surface area contributed by atoms with E-state index in [0.29, 0.717) is 17.9 Å². The van der Waals surface area contributed by atoms with E-state index in [1.165, 1.54) is 48.1 Å². The number of hydrogen-bond donors (Lipinski definition) is 2. The maximum atomic E-state index is 5.28. The van der Waals surface area contributed by atoms with Crippen molar-refractivity contribution < 1.29 is 0 Å². The summed E-state index contributed by atoms with van der Waals surface area (Å²) < 4.78 is 1.89. The quantitative estimate of drug-likeness (QED) is 0.370. The lowest BCUT2D eigenvalue weighted by Gasteiger charge is -2.34. The molecule has 2 N–H and O–H groups in total. The standard InChI is InChI=1S/C28H38N6/c1-16(2)24-25(21-14-34-27(29-15-30-34)18(4)17(21)3)32-23-13-12-22(31-26(23)24)19-8-10-20(11-9-19)33-28(5,6)7/h12-16,19-20,32-33H,8-11H2,1-7H3. The van der Waals surface area contributed by atoms with Crippen LogP contribution in [0.25, 0.3) is 27.9 Å². The van der Waals surface area contributed by atoms with Crippen LogP contribution in [-0.4, -0.2) is 36.1 Å². The molecule has 4 heterocycles. The predicted molar refractivity (Wildman–Crippen MR) is 140 cm³/mol. The van der Waals surface area contributed by atoms with Gasteiger partial charge in [0.1, 0.15) is 6.33 Å². The van der Waals surface area contributed by atoms with E-state index in [2.05, 4.69) is 87.2 Å². The first-order valence-corrected chi connectivity index (χ1v) is 12.7. The molecule has 5 rings (SSSR count). The van der Waals surface area contributed by atoms with Crippen molar-refractivity contribution in [2.45, 2.75) is 97.6 Å². The van der Waals surface area contributed by atoms with E-state index in [9.17, 15) is 0 Å². The summed E-state index contributed by atoms with van der Waals surface area (Å²) in [6, 6.07) is 5.10. The molecule has 1 aliphatic rings. The first-order chi connectivity index (χ1) is 16.1. The Morgan fingerprint density at radius 1 is 1.06 bits per heavy atom. The third-order valence-corrected chi connectivity index (χ3v) is 7.46. The van der Waals surface area contributed by atoms with Crippen LogP contribution >= 0.6 is 0 Å². The average molecular weight is 459 g/mol. The number of rotatable bonds is 4. The molecule has 0 unspecified atom stereocenters. The molecule has 1 fully saturated rings. The third kappa shape index (κ3) is 4.13. The van der Waals surface area contributed by atoms with Crippen molar-refractivity contribution in [3.05, 3.63) is 47.0 Å². The Bertz CT molecular complexity index is 1330. The van der Waals surface area contributed by atoms with E-state index in [1.54, 1.807) is 6.33 Å². The Morgan fingerprint density at radius 3 is 2.47 bits per heavy atom. The van der Waals surface area contributed by atoms with E-state index < -0.39 is 0 Å². The first-order valence-electron chi connectivity index (χ1n) is 12.7. The van der Waals surface area contributed by atoms with Crippen LogP contribution < -0.4 is 5.32 Å². The lowest BCUT2D eigenvalue weighted by Crippen LogP contribution is -2.45. The van der Waals surface area contributed by atoms with Gasteiger partial charge >= 0.3 is 0 Å². The normalized spacial score (nSPS) is 19.5. The van der Waals surface area contributed by atoms with Gasteiger partial charge in [0.25, 0.3) is 0 Å². The maximum Gasteiger partial charge on any atom is 0.158 e. The second kappa shape index (κ2) is 8.49.